The van der Waals surface area contributed by atoms with Crippen LogP contribution in [0.1, 0.15) is 19.8 Å². The van der Waals surface area contributed by atoms with Crippen molar-refractivity contribution in [3.05, 3.63) is 0 Å². The van der Waals surface area contributed by atoms with Gasteiger partial charge < -0.3 is 20.4 Å². The van der Waals surface area contributed by atoms with Gasteiger partial charge in [0, 0.05) is 19.6 Å². The van der Waals surface area contributed by atoms with Gasteiger partial charge >= 0.3 is 5.97 Å². The van der Waals surface area contributed by atoms with Crippen molar-refractivity contribution in [3.63, 3.8) is 0 Å². The van der Waals surface area contributed by atoms with Crippen molar-refractivity contribution < 1.29 is 19.8 Å². The first kappa shape index (κ1) is 12.3. The lowest BCUT2D eigenvalue weighted by Gasteiger charge is -2.22. The largest absolute Gasteiger partial charge is 0.481 e. The molecule has 0 aromatic carbocycles. The number of aliphatic hydroxyl groups excluding tert-OH is 1. The molecule has 3 unspecified atom stereocenters. The van der Waals surface area contributed by atoms with Gasteiger partial charge in [-0.05, 0) is 19.8 Å². The molecule has 6 heteroatoms. The number of aliphatic hydroxyl groups is 1. The molecule has 3 N–H and O–H groups in total. The van der Waals surface area contributed by atoms with Gasteiger partial charge in [0.1, 0.15) is 0 Å². The van der Waals surface area contributed by atoms with Gasteiger partial charge in [0.05, 0.1) is 17.6 Å². The molecule has 17 heavy (non-hydrogen) atoms. The van der Waals surface area contributed by atoms with Crippen LogP contribution in [0.25, 0.3) is 0 Å². The summed E-state index contributed by atoms with van der Waals surface area (Å²) in [5.41, 5.74) is -0.827. The number of likely N-dealkylation sites (tertiary alicyclic amines) is 1. The Hall–Kier alpha value is -1.14. The maximum atomic E-state index is 12.1. The Balaban J connectivity index is 1.97. The van der Waals surface area contributed by atoms with Crippen LogP contribution in [0.5, 0.6) is 0 Å². The number of carbonyl (C=O) groups is 2. The van der Waals surface area contributed by atoms with E-state index in [0.29, 0.717) is 25.9 Å². The number of carboxylic acid groups (broad SMARTS) is 1. The molecule has 6 nitrogen and oxygen atoms in total. The van der Waals surface area contributed by atoms with Crippen LogP contribution in [0.3, 0.4) is 0 Å². The minimum Gasteiger partial charge on any atom is -0.481 e. The lowest BCUT2D eigenvalue weighted by Crippen LogP contribution is -2.44. The van der Waals surface area contributed by atoms with Gasteiger partial charge in [-0.15, -0.1) is 0 Å². The van der Waals surface area contributed by atoms with Crippen molar-refractivity contribution >= 4 is 11.9 Å². The van der Waals surface area contributed by atoms with E-state index in [1.165, 1.54) is 0 Å². The molecule has 96 valence electrons. The fourth-order valence-corrected chi connectivity index (χ4v) is 2.45. The van der Waals surface area contributed by atoms with Crippen molar-refractivity contribution in [3.8, 4) is 0 Å². The third-order valence-corrected chi connectivity index (χ3v) is 3.71. The fraction of sp³-hybridized carbons (Fsp3) is 0.818. The summed E-state index contributed by atoms with van der Waals surface area (Å²) >= 11 is 0. The van der Waals surface area contributed by atoms with Crippen molar-refractivity contribution in [2.45, 2.75) is 31.9 Å². The SMILES string of the molecule is CC1(C(=O)O)CCN(C(=O)C2CC(O)CN2)C1. The number of carbonyl (C=O) groups excluding carboxylic acids is 1. The highest BCUT2D eigenvalue weighted by atomic mass is 16.4. The number of aliphatic carboxylic acids is 1. The number of amides is 1. The molecule has 3 atom stereocenters. The van der Waals surface area contributed by atoms with Crippen LogP contribution in [-0.4, -0.2) is 58.8 Å². The van der Waals surface area contributed by atoms with Crippen molar-refractivity contribution in [1.29, 1.82) is 0 Å². The third kappa shape index (κ3) is 2.28. The van der Waals surface area contributed by atoms with E-state index in [4.69, 9.17) is 5.11 Å². The molecule has 0 radical (unpaired) electrons. The zero-order valence-corrected chi connectivity index (χ0v) is 9.85. The first-order chi connectivity index (χ1) is 7.92. The molecule has 0 bridgehead atoms. The van der Waals surface area contributed by atoms with Gasteiger partial charge in [0.2, 0.25) is 5.91 Å². The molecular weight excluding hydrogens is 224 g/mol. The Bertz CT molecular complexity index is 346. The smallest absolute Gasteiger partial charge is 0.311 e. The van der Waals surface area contributed by atoms with Gasteiger partial charge in [-0.1, -0.05) is 0 Å². The quantitative estimate of drug-likeness (QED) is 0.580. The first-order valence-electron chi connectivity index (χ1n) is 5.86. The van der Waals surface area contributed by atoms with E-state index >= 15 is 0 Å². The third-order valence-electron chi connectivity index (χ3n) is 3.71. The predicted octanol–water partition coefficient (Wildman–Crippen LogP) is -0.968. The van der Waals surface area contributed by atoms with Crippen LogP contribution in [0, 0.1) is 5.41 Å². The van der Waals surface area contributed by atoms with Crippen LogP contribution in [-0.2, 0) is 9.59 Å². The molecular formula is C11H18N2O4. The molecule has 2 aliphatic heterocycles. The van der Waals surface area contributed by atoms with E-state index in [1.54, 1.807) is 11.8 Å². The number of β-amino-alcohol motifs (C(OH)–C–C–N with tert-alkyl or cyclic N) is 1. The summed E-state index contributed by atoms with van der Waals surface area (Å²) in [5, 5.41) is 21.4. The van der Waals surface area contributed by atoms with Gasteiger partial charge in [-0.3, -0.25) is 9.59 Å². The molecule has 1 amide bonds. The number of carboxylic acids is 1. The zero-order valence-electron chi connectivity index (χ0n) is 9.85. The van der Waals surface area contributed by atoms with E-state index < -0.39 is 17.5 Å². The van der Waals surface area contributed by atoms with E-state index in [0.717, 1.165) is 0 Å². The molecule has 0 aliphatic carbocycles. The predicted molar refractivity (Wildman–Crippen MR) is 59.4 cm³/mol. The van der Waals surface area contributed by atoms with E-state index in [1.807, 2.05) is 0 Å². The number of nitrogens with one attached hydrogen (secondary N) is 1. The molecule has 2 saturated heterocycles. The highest BCUT2D eigenvalue weighted by Gasteiger charge is 2.44. The van der Waals surface area contributed by atoms with Crippen LogP contribution in [0.2, 0.25) is 0 Å². The molecule has 0 spiro atoms. The molecule has 0 saturated carbocycles. The van der Waals surface area contributed by atoms with Crippen molar-refractivity contribution in [2.75, 3.05) is 19.6 Å². The molecule has 0 aromatic rings. The molecule has 2 aliphatic rings. The Labute approximate surface area is 99.6 Å². The van der Waals surface area contributed by atoms with Gasteiger partial charge in [-0.2, -0.15) is 0 Å². The number of rotatable bonds is 2. The fourth-order valence-electron chi connectivity index (χ4n) is 2.45. The van der Waals surface area contributed by atoms with Crippen molar-refractivity contribution in [1.82, 2.24) is 10.2 Å². The Morgan fingerprint density at radius 2 is 2.18 bits per heavy atom. The Kier molecular flexibility index (Phi) is 3.09. The number of hydrogen-bond acceptors (Lipinski definition) is 4. The van der Waals surface area contributed by atoms with Crippen LogP contribution >= 0.6 is 0 Å². The monoisotopic (exact) mass is 242 g/mol. The summed E-state index contributed by atoms with van der Waals surface area (Å²) < 4.78 is 0. The highest BCUT2D eigenvalue weighted by molar-refractivity contribution is 5.84. The lowest BCUT2D eigenvalue weighted by atomic mass is 9.90. The second-order valence-corrected chi connectivity index (χ2v) is 5.23. The first-order valence-corrected chi connectivity index (χ1v) is 5.86. The van der Waals surface area contributed by atoms with Crippen molar-refractivity contribution in [2.24, 2.45) is 5.41 Å². The molecule has 2 fully saturated rings. The standard InChI is InChI=1S/C11H18N2O4/c1-11(10(16)17)2-3-13(6-11)9(15)8-4-7(14)5-12-8/h7-8,12,14H,2-6H2,1H3,(H,16,17). The average Bonchev–Trinajstić information content (AvgIpc) is 2.85. The van der Waals surface area contributed by atoms with E-state index in [2.05, 4.69) is 5.32 Å². The second-order valence-electron chi connectivity index (χ2n) is 5.23. The number of nitrogens with zero attached hydrogens (tertiary/aromatic N) is 1. The summed E-state index contributed by atoms with van der Waals surface area (Å²) in [5.74, 6) is -0.946. The molecule has 2 heterocycles. The van der Waals surface area contributed by atoms with Crippen LogP contribution < -0.4 is 5.32 Å². The van der Waals surface area contributed by atoms with Gasteiger partial charge in [0.25, 0.3) is 0 Å². The van der Waals surface area contributed by atoms with Gasteiger partial charge in [0.15, 0.2) is 0 Å². The summed E-state index contributed by atoms with van der Waals surface area (Å²) in [6.07, 6.45) is 0.431. The molecule has 0 aromatic heterocycles. The summed E-state index contributed by atoms with van der Waals surface area (Å²) in [6, 6.07) is -0.360. The average molecular weight is 242 g/mol. The normalized spacial score (nSPS) is 37.4. The Morgan fingerprint density at radius 1 is 1.47 bits per heavy atom. The lowest BCUT2D eigenvalue weighted by molar-refractivity contribution is -0.147. The summed E-state index contributed by atoms with van der Waals surface area (Å²) in [6.45, 7) is 2.84. The maximum absolute atomic E-state index is 12.1. The highest BCUT2D eigenvalue weighted by Crippen LogP contribution is 2.30. The summed E-state index contributed by atoms with van der Waals surface area (Å²) in [7, 11) is 0. The van der Waals surface area contributed by atoms with Crippen LogP contribution in [0.15, 0.2) is 0 Å². The van der Waals surface area contributed by atoms with E-state index in [-0.39, 0.29) is 18.5 Å². The Morgan fingerprint density at radius 3 is 2.65 bits per heavy atom. The second kappa shape index (κ2) is 4.27. The maximum Gasteiger partial charge on any atom is 0.311 e. The molecule has 2 rings (SSSR count). The summed E-state index contributed by atoms with van der Waals surface area (Å²) in [4.78, 5) is 24.7. The minimum absolute atomic E-state index is 0.0912. The topological polar surface area (TPSA) is 89.9 Å². The number of hydrogen-bond donors (Lipinski definition) is 3. The van der Waals surface area contributed by atoms with Gasteiger partial charge in [-0.25, -0.2) is 0 Å². The minimum atomic E-state index is -0.854. The zero-order chi connectivity index (χ0) is 12.6. The van der Waals surface area contributed by atoms with E-state index in [9.17, 15) is 14.7 Å². The van der Waals surface area contributed by atoms with Crippen LogP contribution in [0.4, 0.5) is 0 Å².